The van der Waals surface area contributed by atoms with Crippen LogP contribution in [0.15, 0.2) is 54.7 Å². The van der Waals surface area contributed by atoms with E-state index in [9.17, 15) is 9.90 Å². The number of ether oxygens (including phenoxy) is 1. The molecule has 0 unspecified atom stereocenters. The maximum atomic E-state index is 12.8. The fourth-order valence-electron chi connectivity index (χ4n) is 4.26. The highest BCUT2D eigenvalue weighted by atomic mass is 16.5. The van der Waals surface area contributed by atoms with Gasteiger partial charge in [-0.25, -0.2) is 9.97 Å². The molecule has 1 aromatic heterocycles. The van der Waals surface area contributed by atoms with Gasteiger partial charge in [0.15, 0.2) is 11.5 Å². The van der Waals surface area contributed by atoms with Gasteiger partial charge in [0.05, 0.1) is 12.6 Å². The minimum Gasteiger partial charge on any atom is -0.504 e. The van der Waals surface area contributed by atoms with E-state index in [1.807, 2.05) is 63.4 Å². The predicted molar refractivity (Wildman–Crippen MR) is 143 cm³/mol. The second-order valence-electron chi connectivity index (χ2n) is 9.61. The highest BCUT2D eigenvalue weighted by Crippen LogP contribution is 2.40. The van der Waals surface area contributed by atoms with E-state index < -0.39 is 0 Å². The zero-order valence-electron chi connectivity index (χ0n) is 20.9. The third-order valence-electron chi connectivity index (χ3n) is 6.33. The monoisotopic (exact) mass is 482 g/mol. The maximum absolute atomic E-state index is 12.8. The van der Waals surface area contributed by atoms with Crippen molar-refractivity contribution in [3.8, 4) is 33.8 Å². The van der Waals surface area contributed by atoms with Crippen LogP contribution in [0.5, 0.6) is 11.5 Å². The molecule has 0 radical (unpaired) electrons. The molecule has 7 heteroatoms. The van der Waals surface area contributed by atoms with Gasteiger partial charge in [-0.2, -0.15) is 0 Å². The topological polar surface area (TPSA) is 96.4 Å². The van der Waals surface area contributed by atoms with Gasteiger partial charge in [0.2, 0.25) is 5.95 Å². The smallest absolute Gasteiger partial charge is 0.251 e. The molecule has 1 heterocycles. The van der Waals surface area contributed by atoms with Gasteiger partial charge >= 0.3 is 0 Å². The van der Waals surface area contributed by atoms with Crippen LogP contribution in [0.4, 0.5) is 5.95 Å². The van der Waals surface area contributed by atoms with Crippen LogP contribution in [-0.2, 0) is 0 Å². The van der Waals surface area contributed by atoms with Crippen molar-refractivity contribution >= 4 is 22.8 Å². The van der Waals surface area contributed by atoms with Crippen LogP contribution >= 0.6 is 0 Å². The Kier molecular flexibility index (Phi) is 6.22. The Hall–Kier alpha value is -4.13. The van der Waals surface area contributed by atoms with E-state index in [4.69, 9.17) is 9.72 Å². The lowest BCUT2D eigenvalue weighted by atomic mass is 9.89. The van der Waals surface area contributed by atoms with Crippen LogP contribution in [0.25, 0.3) is 33.2 Å². The number of methoxy groups -OCH3 is 1. The van der Waals surface area contributed by atoms with E-state index in [0.717, 1.165) is 51.6 Å². The van der Waals surface area contributed by atoms with Gasteiger partial charge in [-0.15, -0.1) is 0 Å². The summed E-state index contributed by atoms with van der Waals surface area (Å²) in [4.78, 5) is 22.1. The molecule has 3 aromatic carbocycles. The van der Waals surface area contributed by atoms with Crippen molar-refractivity contribution in [3.63, 3.8) is 0 Å². The highest BCUT2D eigenvalue weighted by molar-refractivity contribution is 5.99. The van der Waals surface area contributed by atoms with E-state index in [1.54, 1.807) is 6.07 Å². The van der Waals surface area contributed by atoms with E-state index >= 15 is 0 Å². The molecule has 7 nitrogen and oxygen atoms in total. The summed E-state index contributed by atoms with van der Waals surface area (Å²) in [7, 11) is 1.53. The van der Waals surface area contributed by atoms with Crippen LogP contribution < -0.4 is 15.4 Å². The van der Waals surface area contributed by atoms with Gasteiger partial charge < -0.3 is 20.5 Å². The maximum Gasteiger partial charge on any atom is 0.251 e. The van der Waals surface area contributed by atoms with E-state index in [0.29, 0.717) is 17.3 Å². The molecular weight excluding hydrogens is 452 g/mol. The summed E-state index contributed by atoms with van der Waals surface area (Å²) >= 11 is 0. The molecule has 3 N–H and O–H groups in total. The van der Waals surface area contributed by atoms with Crippen LogP contribution in [-0.4, -0.2) is 40.2 Å². The third kappa shape index (κ3) is 4.82. The summed E-state index contributed by atoms with van der Waals surface area (Å²) in [5, 5.41) is 17.4. The first kappa shape index (κ1) is 23.6. The van der Waals surface area contributed by atoms with Gasteiger partial charge in [-0.3, -0.25) is 4.79 Å². The van der Waals surface area contributed by atoms with Crippen molar-refractivity contribution in [2.45, 2.75) is 45.7 Å². The van der Waals surface area contributed by atoms with Crippen LogP contribution in [0.1, 0.15) is 42.6 Å². The average Bonchev–Trinajstić information content (AvgIpc) is 3.67. The molecule has 184 valence electrons. The van der Waals surface area contributed by atoms with Crippen LogP contribution in [0.2, 0.25) is 0 Å². The van der Waals surface area contributed by atoms with Crippen LogP contribution in [0.3, 0.4) is 0 Å². The lowest BCUT2D eigenvalue weighted by molar-refractivity contribution is 0.0951. The number of benzene rings is 3. The first-order chi connectivity index (χ1) is 17.3. The van der Waals surface area contributed by atoms with Crippen molar-refractivity contribution in [1.82, 2.24) is 15.3 Å². The Morgan fingerprint density at radius 3 is 2.58 bits per heavy atom. The molecule has 5 rings (SSSR count). The second kappa shape index (κ2) is 9.49. The number of carbonyl (C=O) groups is 1. The highest BCUT2D eigenvalue weighted by Gasteiger charge is 2.24. The normalized spacial score (nSPS) is 13.1. The summed E-state index contributed by atoms with van der Waals surface area (Å²) in [5.74, 6) is 0.969. The number of nitrogens with zero attached hydrogens (tertiary/aromatic N) is 2. The number of hydrogen-bond donors (Lipinski definition) is 3. The number of phenolic OH excluding ortho intramolecular Hbond substituents is 1. The Labute approximate surface area is 210 Å². The van der Waals surface area contributed by atoms with Crippen LogP contribution in [0, 0.1) is 6.92 Å². The fraction of sp³-hybridized carbons (Fsp3) is 0.276. The molecule has 1 aliphatic carbocycles. The minimum absolute atomic E-state index is 0.0554. The summed E-state index contributed by atoms with van der Waals surface area (Å²) in [6, 6.07) is 15.7. The number of aryl methyl sites for hydroxylation is 1. The van der Waals surface area contributed by atoms with E-state index in [1.165, 1.54) is 7.11 Å². The molecule has 36 heavy (non-hydrogen) atoms. The SMILES string of the molecule is COc1cc(-c2cc3nc(NC(C)C)ncc3cc2-c2cc(C(=O)NC3CC3)ccc2C)ccc1O. The number of phenols is 1. The first-order valence-corrected chi connectivity index (χ1v) is 12.2. The zero-order chi connectivity index (χ0) is 25.4. The molecule has 1 aliphatic rings. The molecule has 0 saturated heterocycles. The number of carbonyl (C=O) groups excluding carboxylic acids is 1. The molecule has 4 aromatic rings. The van der Waals surface area contributed by atoms with Gasteiger partial charge in [-0.1, -0.05) is 12.1 Å². The molecule has 1 fully saturated rings. The zero-order valence-corrected chi connectivity index (χ0v) is 20.9. The minimum atomic E-state index is -0.0554. The third-order valence-corrected chi connectivity index (χ3v) is 6.33. The summed E-state index contributed by atoms with van der Waals surface area (Å²) < 4.78 is 5.38. The number of amides is 1. The number of fused-ring (bicyclic) bond motifs is 1. The van der Waals surface area contributed by atoms with Crippen molar-refractivity contribution in [2.24, 2.45) is 0 Å². The van der Waals surface area contributed by atoms with Crippen molar-refractivity contribution in [2.75, 3.05) is 12.4 Å². The Morgan fingerprint density at radius 1 is 1.06 bits per heavy atom. The Balaban J connectivity index is 1.70. The fourth-order valence-corrected chi connectivity index (χ4v) is 4.26. The quantitative estimate of drug-likeness (QED) is 0.313. The number of anilines is 1. The molecule has 0 atom stereocenters. The molecule has 1 saturated carbocycles. The summed E-state index contributed by atoms with van der Waals surface area (Å²) in [6.45, 7) is 6.12. The Bertz CT molecular complexity index is 1460. The second-order valence-corrected chi connectivity index (χ2v) is 9.61. The van der Waals surface area contributed by atoms with Gasteiger partial charge in [0.25, 0.3) is 5.91 Å². The van der Waals surface area contributed by atoms with E-state index in [-0.39, 0.29) is 23.7 Å². The van der Waals surface area contributed by atoms with Gasteiger partial charge in [-0.05, 0) is 97.8 Å². The largest absolute Gasteiger partial charge is 0.504 e. The standard InChI is InChI=1S/C29H30N4O3/c1-16(2)31-29-30-15-20-12-24(22-11-19(6-5-17(22)3)28(35)32-21-8-9-21)23(14-25(20)33-29)18-7-10-26(34)27(13-18)36-4/h5-7,10-16,21,34H,8-9H2,1-4H3,(H,32,35)(H,30,31,33). The van der Waals surface area contributed by atoms with Crippen molar-refractivity contribution in [3.05, 3.63) is 65.9 Å². The van der Waals surface area contributed by atoms with Gasteiger partial charge in [0, 0.05) is 29.2 Å². The number of hydrogen-bond acceptors (Lipinski definition) is 6. The lowest BCUT2D eigenvalue weighted by Gasteiger charge is -2.17. The molecule has 0 aliphatic heterocycles. The van der Waals surface area contributed by atoms with Crippen molar-refractivity contribution in [1.29, 1.82) is 0 Å². The molecule has 0 spiro atoms. The van der Waals surface area contributed by atoms with E-state index in [2.05, 4.69) is 21.7 Å². The lowest BCUT2D eigenvalue weighted by Crippen LogP contribution is -2.25. The molecule has 1 amide bonds. The molecule has 0 bridgehead atoms. The first-order valence-electron chi connectivity index (χ1n) is 12.2. The number of aromatic hydroxyl groups is 1. The summed E-state index contributed by atoms with van der Waals surface area (Å²) in [5.41, 5.74) is 6.14. The van der Waals surface area contributed by atoms with Crippen molar-refractivity contribution < 1.29 is 14.6 Å². The number of rotatable bonds is 7. The molecular formula is C29H30N4O3. The number of aromatic nitrogens is 2. The van der Waals surface area contributed by atoms with Gasteiger partial charge in [0.1, 0.15) is 0 Å². The number of nitrogens with one attached hydrogen (secondary N) is 2. The Morgan fingerprint density at radius 2 is 1.86 bits per heavy atom. The predicted octanol–water partition coefficient (Wildman–Crippen LogP) is 5.70. The summed E-state index contributed by atoms with van der Waals surface area (Å²) in [6.07, 6.45) is 3.89. The average molecular weight is 483 g/mol.